The lowest BCUT2D eigenvalue weighted by Crippen LogP contribution is -2.43. The smallest absolute Gasteiger partial charge is 0.326 e. The van der Waals surface area contributed by atoms with Gasteiger partial charge in [-0.1, -0.05) is 55.8 Å². The van der Waals surface area contributed by atoms with Gasteiger partial charge in [0.25, 0.3) is 0 Å². The minimum Gasteiger partial charge on any atom is -0.489 e. The van der Waals surface area contributed by atoms with Crippen LogP contribution in [0.25, 0.3) is 6.08 Å². The Balaban J connectivity index is 1.88. The molecule has 2 rings (SSSR count). The van der Waals surface area contributed by atoms with Gasteiger partial charge in [0.1, 0.15) is 18.4 Å². The highest BCUT2D eigenvalue weighted by Crippen LogP contribution is 2.15. The Bertz CT molecular complexity index is 792. The van der Waals surface area contributed by atoms with Crippen LogP contribution in [-0.2, 0) is 16.2 Å². The van der Waals surface area contributed by atoms with Crippen molar-refractivity contribution in [3.05, 3.63) is 71.3 Å². The quantitative estimate of drug-likeness (QED) is 0.696. The topological polar surface area (TPSA) is 75.6 Å². The zero-order chi connectivity index (χ0) is 19.8. The number of ether oxygens (including phenoxy) is 1. The van der Waals surface area contributed by atoms with Crippen LogP contribution in [0.2, 0.25) is 0 Å². The number of hydrogen-bond donors (Lipinski definition) is 2. The van der Waals surface area contributed by atoms with Crippen LogP contribution in [0.4, 0.5) is 0 Å². The molecule has 0 aliphatic heterocycles. The third kappa shape index (κ3) is 6.62. The molecule has 0 aliphatic carbocycles. The second-order valence-electron chi connectivity index (χ2n) is 6.75. The Kier molecular flexibility index (Phi) is 7.17. The molecule has 0 saturated carbocycles. The summed E-state index contributed by atoms with van der Waals surface area (Å²) in [5.41, 5.74) is 3.13. The highest BCUT2D eigenvalue weighted by atomic mass is 16.5. The molecule has 1 atom stereocenters. The van der Waals surface area contributed by atoms with Crippen molar-refractivity contribution in [2.75, 3.05) is 0 Å². The van der Waals surface area contributed by atoms with E-state index in [9.17, 15) is 9.59 Å². The third-order valence-corrected chi connectivity index (χ3v) is 4.06. The minimum atomic E-state index is -1.04. The van der Waals surface area contributed by atoms with Gasteiger partial charge in [0.15, 0.2) is 0 Å². The van der Waals surface area contributed by atoms with Crippen molar-refractivity contribution in [3.63, 3.8) is 0 Å². The van der Waals surface area contributed by atoms with E-state index in [1.807, 2.05) is 55.5 Å². The number of carbonyl (C=O) groups excluding carboxylic acids is 1. The maximum Gasteiger partial charge on any atom is 0.326 e. The fourth-order valence-electron chi connectivity index (χ4n) is 2.41. The van der Waals surface area contributed by atoms with Crippen molar-refractivity contribution in [3.8, 4) is 5.75 Å². The minimum absolute atomic E-state index is 0.190. The van der Waals surface area contributed by atoms with Crippen LogP contribution in [-0.4, -0.2) is 23.0 Å². The van der Waals surface area contributed by atoms with Crippen LogP contribution in [0.5, 0.6) is 5.75 Å². The van der Waals surface area contributed by atoms with Crippen LogP contribution in [0, 0.1) is 12.8 Å². The number of carboxylic acid groups (broad SMARTS) is 1. The maximum absolute atomic E-state index is 11.9. The average molecular weight is 367 g/mol. The molecule has 0 fully saturated rings. The van der Waals surface area contributed by atoms with Crippen molar-refractivity contribution >= 4 is 18.0 Å². The normalized spacial score (nSPS) is 12.1. The van der Waals surface area contributed by atoms with Crippen LogP contribution in [0.3, 0.4) is 0 Å². The Morgan fingerprint density at radius 2 is 1.70 bits per heavy atom. The van der Waals surface area contributed by atoms with Gasteiger partial charge in [-0.25, -0.2) is 4.79 Å². The van der Waals surface area contributed by atoms with Gasteiger partial charge in [-0.15, -0.1) is 0 Å². The molecule has 27 heavy (non-hydrogen) atoms. The molecule has 0 aliphatic rings. The molecular formula is C22H25NO4. The SMILES string of the molecule is Cc1ccc(COc2ccc(/C=C/C(=O)NC(C(=O)O)C(C)C)cc2)cc1. The molecule has 5 heteroatoms. The lowest BCUT2D eigenvalue weighted by molar-refractivity contribution is -0.142. The molecule has 0 spiro atoms. The standard InChI is InChI=1S/C22H25NO4/c1-15(2)21(22(25)26)23-20(24)13-10-17-8-11-19(12-9-17)27-14-18-6-4-16(3)5-7-18/h4-13,15,21H,14H2,1-3H3,(H,23,24)(H,25,26)/b13-10+. The second kappa shape index (κ2) is 9.57. The van der Waals surface area contributed by atoms with E-state index in [2.05, 4.69) is 5.32 Å². The molecule has 0 aromatic heterocycles. The second-order valence-corrected chi connectivity index (χ2v) is 6.75. The molecule has 0 radical (unpaired) electrons. The summed E-state index contributed by atoms with van der Waals surface area (Å²) >= 11 is 0. The number of aryl methyl sites for hydroxylation is 1. The molecular weight excluding hydrogens is 342 g/mol. The number of hydrogen-bond acceptors (Lipinski definition) is 3. The highest BCUT2D eigenvalue weighted by Gasteiger charge is 2.22. The first kappa shape index (κ1) is 20.2. The summed E-state index contributed by atoms with van der Waals surface area (Å²) in [5.74, 6) is -0.926. The molecule has 2 aromatic rings. The molecule has 5 nitrogen and oxygen atoms in total. The molecule has 2 aromatic carbocycles. The van der Waals surface area contributed by atoms with Gasteiger partial charge in [-0.2, -0.15) is 0 Å². The van der Waals surface area contributed by atoms with Gasteiger partial charge >= 0.3 is 5.97 Å². The Labute approximate surface area is 159 Å². The molecule has 0 bridgehead atoms. The van der Waals surface area contributed by atoms with Crippen molar-refractivity contribution < 1.29 is 19.4 Å². The van der Waals surface area contributed by atoms with Crippen molar-refractivity contribution in [1.29, 1.82) is 0 Å². The van der Waals surface area contributed by atoms with Gasteiger partial charge in [-0.3, -0.25) is 4.79 Å². The Morgan fingerprint density at radius 1 is 1.07 bits per heavy atom. The summed E-state index contributed by atoms with van der Waals surface area (Å²) in [5, 5.41) is 11.6. The first-order chi connectivity index (χ1) is 12.8. The molecule has 0 saturated heterocycles. The summed E-state index contributed by atoms with van der Waals surface area (Å²) in [6.07, 6.45) is 2.97. The van der Waals surface area contributed by atoms with E-state index < -0.39 is 17.9 Å². The monoisotopic (exact) mass is 367 g/mol. The van der Waals surface area contributed by atoms with E-state index in [4.69, 9.17) is 9.84 Å². The van der Waals surface area contributed by atoms with E-state index in [0.717, 1.165) is 16.9 Å². The van der Waals surface area contributed by atoms with E-state index in [-0.39, 0.29) is 5.92 Å². The van der Waals surface area contributed by atoms with Crippen molar-refractivity contribution in [1.82, 2.24) is 5.32 Å². The summed E-state index contributed by atoms with van der Waals surface area (Å²) in [6, 6.07) is 14.6. The summed E-state index contributed by atoms with van der Waals surface area (Å²) in [7, 11) is 0. The first-order valence-corrected chi connectivity index (χ1v) is 8.85. The Hall–Kier alpha value is -3.08. The number of carboxylic acids is 1. The van der Waals surface area contributed by atoms with Gasteiger partial charge in [-0.05, 0) is 42.2 Å². The van der Waals surface area contributed by atoms with Gasteiger partial charge in [0.05, 0.1) is 0 Å². The largest absolute Gasteiger partial charge is 0.489 e. The predicted octanol–water partition coefficient (Wildman–Crippen LogP) is 3.81. The molecule has 2 N–H and O–H groups in total. The lowest BCUT2D eigenvalue weighted by atomic mass is 10.0. The number of carbonyl (C=O) groups is 2. The molecule has 0 heterocycles. The number of benzene rings is 2. The third-order valence-electron chi connectivity index (χ3n) is 4.06. The van der Waals surface area contributed by atoms with Crippen molar-refractivity contribution in [2.24, 2.45) is 5.92 Å². The van der Waals surface area contributed by atoms with Gasteiger partial charge in [0, 0.05) is 6.08 Å². The van der Waals surface area contributed by atoms with Crippen LogP contribution < -0.4 is 10.1 Å². The summed E-state index contributed by atoms with van der Waals surface area (Å²) in [6.45, 7) is 6.03. The summed E-state index contributed by atoms with van der Waals surface area (Å²) < 4.78 is 5.75. The number of nitrogens with one attached hydrogen (secondary N) is 1. The average Bonchev–Trinajstić information content (AvgIpc) is 2.64. The van der Waals surface area contributed by atoms with E-state index in [0.29, 0.717) is 6.61 Å². The van der Waals surface area contributed by atoms with Crippen LogP contribution in [0.15, 0.2) is 54.6 Å². The zero-order valence-electron chi connectivity index (χ0n) is 15.8. The van der Waals surface area contributed by atoms with E-state index >= 15 is 0 Å². The molecule has 1 amide bonds. The number of amides is 1. The van der Waals surface area contributed by atoms with Gasteiger partial charge in [0.2, 0.25) is 5.91 Å². The van der Waals surface area contributed by atoms with Crippen LogP contribution >= 0.6 is 0 Å². The van der Waals surface area contributed by atoms with Crippen LogP contribution in [0.1, 0.15) is 30.5 Å². The number of aliphatic carboxylic acids is 1. The molecule has 142 valence electrons. The van der Waals surface area contributed by atoms with Crippen molar-refractivity contribution in [2.45, 2.75) is 33.4 Å². The zero-order valence-corrected chi connectivity index (χ0v) is 15.8. The fourth-order valence-corrected chi connectivity index (χ4v) is 2.41. The number of rotatable bonds is 8. The van der Waals surface area contributed by atoms with E-state index in [1.165, 1.54) is 11.6 Å². The predicted molar refractivity (Wildman–Crippen MR) is 105 cm³/mol. The Morgan fingerprint density at radius 3 is 2.26 bits per heavy atom. The van der Waals surface area contributed by atoms with Gasteiger partial charge < -0.3 is 15.2 Å². The summed E-state index contributed by atoms with van der Waals surface area (Å²) in [4.78, 5) is 23.0. The maximum atomic E-state index is 11.9. The fraction of sp³-hybridized carbons (Fsp3) is 0.273. The highest BCUT2D eigenvalue weighted by molar-refractivity contribution is 5.94. The lowest BCUT2D eigenvalue weighted by Gasteiger charge is -2.16. The van der Waals surface area contributed by atoms with E-state index in [1.54, 1.807) is 19.9 Å². The first-order valence-electron chi connectivity index (χ1n) is 8.85. The molecule has 1 unspecified atom stereocenters.